The van der Waals surface area contributed by atoms with Crippen LogP contribution in [0.15, 0.2) is 77.9 Å². The van der Waals surface area contributed by atoms with E-state index in [1.165, 1.54) is 43.3 Å². The summed E-state index contributed by atoms with van der Waals surface area (Å²) in [5, 5.41) is 6.63. The van der Waals surface area contributed by atoms with E-state index in [4.69, 9.17) is 4.74 Å². The third-order valence-electron chi connectivity index (χ3n) is 5.36. The van der Waals surface area contributed by atoms with Crippen LogP contribution in [0.3, 0.4) is 0 Å². The number of halogens is 1. The van der Waals surface area contributed by atoms with Gasteiger partial charge in [0.2, 0.25) is 0 Å². The molecule has 1 aliphatic heterocycles. The highest BCUT2D eigenvalue weighted by Gasteiger charge is 2.13. The molecule has 0 radical (unpaired) electrons. The smallest absolute Gasteiger partial charge is 0.271 e. The Morgan fingerprint density at radius 3 is 2.29 bits per heavy atom. The Morgan fingerprint density at radius 1 is 0.941 bits per heavy atom. The second-order valence-corrected chi connectivity index (χ2v) is 7.85. The zero-order valence-electron chi connectivity index (χ0n) is 18.5. The maximum Gasteiger partial charge on any atom is 0.271 e. The number of nitrogens with one attached hydrogen (secondary N) is 2. The molecule has 3 aromatic carbocycles. The highest BCUT2D eigenvalue weighted by Crippen LogP contribution is 2.20. The summed E-state index contributed by atoms with van der Waals surface area (Å²) in [6.45, 7) is 1.93. The minimum absolute atomic E-state index is 0.183. The molecule has 1 saturated heterocycles. The lowest BCUT2D eigenvalue weighted by molar-refractivity contribution is -0.118. The van der Waals surface area contributed by atoms with E-state index < -0.39 is 0 Å². The van der Waals surface area contributed by atoms with Gasteiger partial charge in [0.25, 0.3) is 11.8 Å². The molecule has 7 nitrogen and oxygen atoms in total. The Kier molecular flexibility index (Phi) is 7.49. The Hall–Kier alpha value is -4.20. The fourth-order valence-corrected chi connectivity index (χ4v) is 3.56. The van der Waals surface area contributed by atoms with Crippen LogP contribution in [0, 0.1) is 5.82 Å². The van der Waals surface area contributed by atoms with Gasteiger partial charge in [-0.2, -0.15) is 5.10 Å². The molecule has 1 aliphatic rings. The van der Waals surface area contributed by atoms with Crippen LogP contribution < -0.4 is 20.4 Å². The number of ether oxygens (including phenoxy) is 1. The van der Waals surface area contributed by atoms with Gasteiger partial charge in [-0.05, 0) is 91.2 Å². The van der Waals surface area contributed by atoms with E-state index in [9.17, 15) is 14.0 Å². The average Bonchev–Trinajstić information content (AvgIpc) is 3.40. The number of hydrazone groups is 1. The number of rotatable bonds is 8. The monoisotopic (exact) mass is 460 g/mol. The van der Waals surface area contributed by atoms with Crippen molar-refractivity contribution in [2.45, 2.75) is 12.8 Å². The Morgan fingerprint density at radius 2 is 1.62 bits per heavy atom. The van der Waals surface area contributed by atoms with Gasteiger partial charge in [-0.1, -0.05) is 0 Å². The lowest BCUT2D eigenvalue weighted by Crippen LogP contribution is -2.20. The molecule has 34 heavy (non-hydrogen) atoms. The number of hydrogen-bond acceptors (Lipinski definition) is 5. The van der Waals surface area contributed by atoms with Crippen LogP contribution in [0.5, 0.6) is 5.75 Å². The molecule has 0 spiro atoms. The summed E-state index contributed by atoms with van der Waals surface area (Å²) in [5.41, 5.74) is 5.45. The predicted molar refractivity (Wildman–Crippen MR) is 130 cm³/mol. The minimum atomic E-state index is -0.371. The fourth-order valence-electron chi connectivity index (χ4n) is 3.56. The van der Waals surface area contributed by atoms with Gasteiger partial charge in [0.05, 0.1) is 6.21 Å². The quantitative estimate of drug-likeness (QED) is 0.390. The number of amides is 2. The fraction of sp³-hybridized carbons (Fsp3) is 0.192. The average molecular weight is 461 g/mol. The number of carbonyl (C=O) groups is 2. The first-order valence-corrected chi connectivity index (χ1v) is 11.0. The number of carbonyl (C=O) groups excluding carboxylic acids is 2. The number of anilines is 2. The number of hydrogen-bond donors (Lipinski definition) is 2. The Balaban J connectivity index is 1.22. The summed E-state index contributed by atoms with van der Waals surface area (Å²) < 4.78 is 18.4. The van der Waals surface area contributed by atoms with Crippen molar-refractivity contribution in [1.29, 1.82) is 0 Å². The van der Waals surface area contributed by atoms with Crippen molar-refractivity contribution in [2.75, 3.05) is 29.9 Å². The first kappa shape index (κ1) is 23.0. The van der Waals surface area contributed by atoms with Crippen LogP contribution in [0.2, 0.25) is 0 Å². The van der Waals surface area contributed by atoms with E-state index in [-0.39, 0.29) is 24.2 Å². The van der Waals surface area contributed by atoms with E-state index in [1.54, 1.807) is 36.4 Å². The highest BCUT2D eigenvalue weighted by molar-refractivity contribution is 5.95. The van der Waals surface area contributed by atoms with Gasteiger partial charge in [-0.3, -0.25) is 9.59 Å². The molecule has 0 aliphatic carbocycles. The van der Waals surface area contributed by atoms with Crippen LogP contribution >= 0.6 is 0 Å². The van der Waals surface area contributed by atoms with Crippen molar-refractivity contribution in [3.63, 3.8) is 0 Å². The molecule has 1 fully saturated rings. The lowest BCUT2D eigenvalue weighted by Gasteiger charge is -2.17. The van der Waals surface area contributed by atoms with Gasteiger partial charge >= 0.3 is 0 Å². The summed E-state index contributed by atoms with van der Waals surface area (Å²) in [5.74, 6) is -0.498. The Bertz CT molecular complexity index is 1140. The highest BCUT2D eigenvalue weighted by atomic mass is 19.1. The van der Waals surface area contributed by atoms with Crippen molar-refractivity contribution in [3.8, 4) is 5.75 Å². The molecule has 8 heteroatoms. The zero-order valence-corrected chi connectivity index (χ0v) is 18.5. The van der Waals surface area contributed by atoms with E-state index in [2.05, 4.69) is 20.7 Å². The van der Waals surface area contributed by atoms with Crippen molar-refractivity contribution in [2.24, 2.45) is 5.10 Å². The standard InChI is InChI=1S/C26H25FN4O3/c27-21-7-9-22(10-8-21)29-25(32)18-34-24-13-3-19(4-14-24)17-28-30-26(33)20-5-11-23(12-6-20)31-15-1-2-16-31/h3-14,17H,1-2,15-16,18H2,(H,29,32)(H,30,33)/b28-17-. The molecular weight excluding hydrogens is 435 g/mol. The van der Waals surface area contributed by atoms with Gasteiger partial charge in [0.15, 0.2) is 6.61 Å². The second-order valence-electron chi connectivity index (χ2n) is 7.85. The van der Waals surface area contributed by atoms with Crippen molar-refractivity contribution in [1.82, 2.24) is 5.43 Å². The zero-order chi connectivity index (χ0) is 23.8. The van der Waals surface area contributed by atoms with Gasteiger partial charge in [0, 0.05) is 30.0 Å². The van der Waals surface area contributed by atoms with Crippen LogP contribution in [-0.4, -0.2) is 37.7 Å². The summed E-state index contributed by atoms with van der Waals surface area (Å²) in [7, 11) is 0. The van der Waals surface area contributed by atoms with Gasteiger partial charge in [0.1, 0.15) is 11.6 Å². The molecule has 0 unspecified atom stereocenters. The van der Waals surface area contributed by atoms with Crippen LogP contribution in [0.4, 0.5) is 15.8 Å². The second kappa shape index (κ2) is 11.1. The Labute approximate surface area is 197 Å². The van der Waals surface area contributed by atoms with Crippen molar-refractivity contribution in [3.05, 3.63) is 89.7 Å². The molecule has 2 N–H and O–H groups in total. The van der Waals surface area contributed by atoms with Gasteiger partial charge < -0.3 is 15.0 Å². The van der Waals surface area contributed by atoms with Crippen molar-refractivity contribution < 1.29 is 18.7 Å². The summed E-state index contributed by atoms with van der Waals surface area (Å²) in [6, 6.07) is 19.9. The van der Waals surface area contributed by atoms with E-state index in [1.807, 2.05) is 12.1 Å². The first-order chi connectivity index (χ1) is 16.6. The van der Waals surface area contributed by atoms with Crippen LogP contribution in [0.1, 0.15) is 28.8 Å². The predicted octanol–water partition coefficient (Wildman–Crippen LogP) is 4.21. The third-order valence-corrected chi connectivity index (χ3v) is 5.36. The van der Waals surface area contributed by atoms with E-state index >= 15 is 0 Å². The molecule has 0 atom stereocenters. The maximum absolute atomic E-state index is 12.9. The molecule has 4 rings (SSSR count). The third kappa shape index (κ3) is 6.41. The molecule has 3 aromatic rings. The SMILES string of the molecule is O=C(COc1ccc(/C=N\NC(=O)c2ccc(N3CCCC3)cc2)cc1)Nc1ccc(F)cc1. The maximum atomic E-state index is 12.9. The van der Waals surface area contributed by atoms with Gasteiger partial charge in [-0.15, -0.1) is 0 Å². The molecule has 0 saturated carbocycles. The first-order valence-electron chi connectivity index (χ1n) is 11.0. The van der Waals surface area contributed by atoms with E-state index in [0.29, 0.717) is 17.0 Å². The molecule has 0 aromatic heterocycles. The van der Waals surface area contributed by atoms with E-state index in [0.717, 1.165) is 24.3 Å². The summed E-state index contributed by atoms with van der Waals surface area (Å²) in [6.07, 6.45) is 3.94. The molecule has 1 heterocycles. The van der Waals surface area contributed by atoms with Crippen molar-refractivity contribution >= 4 is 29.4 Å². The molecule has 174 valence electrons. The molecular formula is C26H25FN4O3. The summed E-state index contributed by atoms with van der Waals surface area (Å²) in [4.78, 5) is 26.6. The van der Waals surface area contributed by atoms with Gasteiger partial charge in [-0.25, -0.2) is 9.82 Å². The topological polar surface area (TPSA) is 83.0 Å². The summed E-state index contributed by atoms with van der Waals surface area (Å²) >= 11 is 0. The normalized spacial score (nSPS) is 13.1. The lowest BCUT2D eigenvalue weighted by atomic mass is 10.2. The largest absolute Gasteiger partial charge is 0.484 e. The van der Waals surface area contributed by atoms with Crippen LogP contribution in [-0.2, 0) is 4.79 Å². The molecule has 0 bridgehead atoms. The van der Waals surface area contributed by atoms with Crippen LogP contribution in [0.25, 0.3) is 0 Å². The number of benzene rings is 3. The minimum Gasteiger partial charge on any atom is -0.484 e. The molecule has 2 amide bonds. The number of nitrogens with zero attached hydrogens (tertiary/aromatic N) is 2.